The number of carboxylic acid groups (broad SMARTS) is 2. The van der Waals surface area contributed by atoms with E-state index in [9.17, 15) is 4.39 Å². The lowest BCUT2D eigenvalue weighted by Crippen LogP contribution is -2.09. The molecule has 3 aromatic rings. The van der Waals surface area contributed by atoms with Crippen LogP contribution >= 0.6 is 0 Å². The molecule has 9 heteroatoms. The molecule has 0 spiro atoms. The van der Waals surface area contributed by atoms with E-state index in [1.54, 1.807) is 18.3 Å². The number of carbonyl (C=O) groups is 2. The van der Waals surface area contributed by atoms with Gasteiger partial charge in [0.25, 0.3) is 0 Å². The van der Waals surface area contributed by atoms with Gasteiger partial charge in [0.1, 0.15) is 11.6 Å². The van der Waals surface area contributed by atoms with Gasteiger partial charge in [-0.1, -0.05) is 18.2 Å². The molecule has 0 atom stereocenters. The Labute approximate surface area is 172 Å². The molecule has 30 heavy (non-hydrogen) atoms. The van der Waals surface area contributed by atoms with Crippen LogP contribution in [0.4, 0.5) is 10.3 Å². The minimum Gasteiger partial charge on any atom is -0.494 e. The zero-order valence-corrected chi connectivity index (χ0v) is 16.5. The third kappa shape index (κ3) is 6.06. The summed E-state index contributed by atoms with van der Waals surface area (Å²) in [5, 5.41) is 18.0. The SMILES string of the molecule is CCOc1ccc(-c2cnc(NCc3ccccc3F)n2C)cc1.O=C(O)C(=O)O. The Bertz CT molecular complexity index is 990. The van der Waals surface area contributed by atoms with Gasteiger partial charge in [-0.05, 0) is 37.3 Å². The van der Waals surface area contributed by atoms with Crippen LogP contribution in [-0.2, 0) is 23.2 Å². The zero-order valence-electron chi connectivity index (χ0n) is 16.5. The topological polar surface area (TPSA) is 114 Å². The fourth-order valence-electron chi connectivity index (χ4n) is 2.55. The van der Waals surface area contributed by atoms with Crippen LogP contribution in [0.1, 0.15) is 12.5 Å². The number of aliphatic carboxylic acids is 2. The number of nitrogens with one attached hydrogen (secondary N) is 1. The maximum Gasteiger partial charge on any atom is 0.414 e. The number of imidazole rings is 1. The van der Waals surface area contributed by atoms with Crippen LogP contribution in [0.5, 0.6) is 5.75 Å². The van der Waals surface area contributed by atoms with Crippen molar-refractivity contribution in [2.75, 3.05) is 11.9 Å². The highest BCUT2D eigenvalue weighted by Crippen LogP contribution is 2.24. The first-order valence-electron chi connectivity index (χ1n) is 9.02. The number of ether oxygens (including phenoxy) is 1. The van der Waals surface area contributed by atoms with Crippen molar-refractivity contribution in [3.63, 3.8) is 0 Å². The van der Waals surface area contributed by atoms with Crippen LogP contribution < -0.4 is 10.1 Å². The van der Waals surface area contributed by atoms with Crippen molar-refractivity contribution in [2.24, 2.45) is 7.05 Å². The van der Waals surface area contributed by atoms with Gasteiger partial charge in [-0.3, -0.25) is 0 Å². The Hall–Kier alpha value is -3.88. The number of benzene rings is 2. The van der Waals surface area contributed by atoms with E-state index < -0.39 is 11.9 Å². The van der Waals surface area contributed by atoms with E-state index in [1.807, 2.05) is 48.9 Å². The van der Waals surface area contributed by atoms with Gasteiger partial charge in [0.05, 0.1) is 18.5 Å². The van der Waals surface area contributed by atoms with Gasteiger partial charge in [0.15, 0.2) is 0 Å². The van der Waals surface area contributed by atoms with Crippen LogP contribution in [0.3, 0.4) is 0 Å². The van der Waals surface area contributed by atoms with Gasteiger partial charge in [0, 0.05) is 24.7 Å². The molecule has 0 radical (unpaired) electrons. The summed E-state index contributed by atoms with van der Waals surface area (Å²) in [6, 6.07) is 14.6. The highest BCUT2D eigenvalue weighted by molar-refractivity contribution is 6.27. The monoisotopic (exact) mass is 415 g/mol. The number of carboxylic acids is 2. The van der Waals surface area contributed by atoms with Crippen molar-refractivity contribution < 1.29 is 28.9 Å². The van der Waals surface area contributed by atoms with Crippen LogP contribution in [0.2, 0.25) is 0 Å². The van der Waals surface area contributed by atoms with E-state index in [1.165, 1.54) is 6.07 Å². The van der Waals surface area contributed by atoms with Gasteiger partial charge in [-0.2, -0.15) is 0 Å². The minimum atomic E-state index is -1.82. The number of nitrogens with zero attached hydrogens (tertiary/aromatic N) is 2. The second kappa shape index (κ2) is 10.6. The number of anilines is 1. The molecule has 8 nitrogen and oxygen atoms in total. The van der Waals surface area contributed by atoms with Gasteiger partial charge in [0.2, 0.25) is 5.95 Å². The fraction of sp³-hybridized carbons (Fsp3) is 0.190. The van der Waals surface area contributed by atoms with Crippen molar-refractivity contribution in [2.45, 2.75) is 13.5 Å². The van der Waals surface area contributed by atoms with Gasteiger partial charge >= 0.3 is 11.9 Å². The van der Waals surface area contributed by atoms with Crippen molar-refractivity contribution in [3.8, 4) is 17.0 Å². The first-order chi connectivity index (χ1) is 14.3. The normalized spacial score (nSPS) is 9.97. The predicted octanol–water partition coefficient (Wildman–Crippen LogP) is 3.39. The second-order valence-corrected chi connectivity index (χ2v) is 6.04. The maximum atomic E-state index is 13.7. The van der Waals surface area contributed by atoms with E-state index >= 15 is 0 Å². The number of hydrogen-bond donors (Lipinski definition) is 3. The lowest BCUT2D eigenvalue weighted by atomic mass is 10.1. The number of aromatic nitrogens is 2. The quantitative estimate of drug-likeness (QED) is 0.529. The summed E-state index contributed by atoms with van der Waals surface area (Å²) in [5.74, 6) is -2.32. The molecule has 1 aromatic heterocycles. The Morgan fingerprint density at radius 3 is 2.30 bits per heavy atom. The Kier molecular flexibility index (Phi) is 7.92. The number of hydrogen-bond acceptors (Lipinski definition) is 5. The lowest BCUT2D eigenvalue weighted by Gasteiger charge is -2.09. The third-order valence-electron chi connectivity index (χ3n) is 4.03. The molecule has 2 aromatic carbocycles. The molecule has 1 heterocycles. The van der Waals surface area contributed by atoms with Gasteiger partial charge < -0.3 is 24.8 Å². The summed E-state index contributed by atoms with van der Waals surface area (Å²) in [5.41, 5.74) is 2.64. The molecular formula is C21H22FN3O5. The van der Waals surface area contributed by atoms with Crippen molar-refractivity contribution in [1.29, 1.82) is 0 Å². The van der Waals surface area contributed by atoms with Crippen molar-refractivity contribution in [3.05, 3.63) is 66.1 Å². The fourth-order valence-corrected chi connectivity index (χ4v) is 2.55. The molecule has 0 aliphatic heterocycles. The molecule has 0 unspecified atom stereocenters. The maximum absolute atomic E-state index is 13.7. The van der Waals surface area contributed by atoms with Gasteiger partial charge in [-0.15, -0.1) is 0 Å². The molecule has 0 fully saturated rings. The molecular weight excluding hydrogens is 393 g/mol. The highest BCUT2D eigenvalue weighted by Gasteiger charge is 2.09. The summed E-state index contributed by atoms with van der Waals surface area (Å²) in [4.78, 5) is 22.6. The second-order valence-electron chi connectivity index (χ2n) is 6.04. The molecule has 158 valence electrons. The lowest BCUT2D eigenvalue weighted by molar-refractivity contribution is -0.159. The molecule has 0 amide bonds. The third-order valence-corrected chi connectivity index (χ3v) is 4.03. The summed E-state index contributed by atoms with van der Waals surface area (Å²) in [6.07, 6.45) is 1.80. The zero-order chi connectivity index (χ0) is 22.1. The van der Waals surface area contributed by atoms with E-state index in [4.69, 9.17) is 24.5 Å². The summed E-state index contributed by atoms with van der Waals surface area (Å²) in [7, 11) is 1.93. The molecule has 0 bridgehead atoms. The molecule has 3 N–H and O–H groups in total. The first-order valence-corrected chi connectivity index (χ1v) is 9.02. The largest absolute Gasteiger partial charge is 0.494 e. The van der Waals surface area contributed by atoms with E-state index in [2.05, 4.69) is 10.3 Å². The number of halogens is 1. The average Bonchev–Trinajstić information content (AvgIpc) is 3.09. The van der Waals surface area contributed by atoms with E-state index in [0.717, 1.165) is 17.0 Å². The van der Waals surface area contributed by atoms with Crippen LogP contribution in [0.25, 0.3) is 11.3 Å². The summed E-state index contributed by atoms with van der Waals surface area (Å²) >= 11 is 0. The van der Waals surface area contributed by atoms with Crippen LogP contribution in [0, 0.1) is 5.82 Å². The van der Waals surface area contributed by atoms with Crippen molar-refractivity contribution >= 4 is 17.9 Å². The van der Waals surface area contributed by atoms with E-state index in [-0.39, 0.29) is 5.82 Å². The molecule has 0 saturated carbocycles. The summed E-state index contributed by atoms with van der Waals surface area (Å²) in [6.45, 7) is 3.00. The highest BCUT2D eigenvalue weighted by atomic mass is 19.1. The number of rotatable bonds is 6. The Morgan fingerprint density at radius 1 is 1.10 bits per heavy atom. The molecule has 0 aliphatic rings. The Morgan fingerprint density at radius 2 is 1.73 bits per heavy atom. The minimum absolute atomic E-state index is 0.217. The van der Waals surface area contributed by atoms with E-state index in [0.29, 0.717) is 24.7 Å². The first kappa shape index (κ1) is 22.4. The van der Waals surface area contributed by atoms with Crippen LogP contribution in [-0.4, -0.2) is 38.3 Å². The molecule has 0 saturated heterocycles. The van der Waals surface area contributed by atoms with Crippen molar-refractivity contribution in [1.82, 2.24) is 9.55 Å². The summed E-state index contributed by atoms with van der Waals surface area (Å²) < 4.78 is 21.1. The molecule has 3 rings (SSSR count). The van der Waals surface area contributed by atoms with Crippen LogP contribution in [0.15, 0.2) is 54.7 Å². The standard InChI is InChI=1S/C19H20FN3O.C2H2O4/c1-3-24-16-10-8-14(9-11-16)18-13-22-19(23(18)2)21-12-15-6-4-5-7-17(15)20;3-1(4)2(5)6/h4-11,13H,3,12H2,1-2H3,(H,21,22);(H,3,4)(H,5,6). The van der Waals surface area contributed by atoms with Gasteiger partial charge in [-0.25, -0.2) is 19.0 Å². The average molecular weight is 415 g/mol. The molecule has 0 aliphatic carbocycles. The predicted molar refractivity (Wildman–Crippen MR) is 109 cm³/mol. The smallest absolute Gasteiger partial charge is 0.414 e. The Balaban J connectivity index is 0.000000469.